The standard InChI is InChI=1S/C46H42N2O2S2/c49-41-39(43-35(31-19-7-1-8-20-31)37(33-23-11-3-12-24-33)45(51-43)47-27-15-5-16-28-47)42(50)40(41)44-36(32-21-9-2-10-22-32)38(34-25-13-4-14-26-34)46(52-44)48-29-17-6-18-30-48/h1-4,7-14,19-26,35,37H,5-6,15-18,27-30H2/p+1/t35-,37+/m0/s1. The van der Waals surface area contributed by atoms with E-state index in [0.29, 0.717) is 11.1 Å². The second kappa shape index (κ2) is 14.4. The van der Waals surface area contributed by atoms with Crippen molar-refractivity contribution in [2.45, 2.75) is 50.4 Å². The highest BCUT2D eigenvalue weighted by Crippen LogP contribution is 2.60. The number of thioether (sulfide) groups is 1. The summed E-state index contributed by atoms with van der Waals surface area (Å²) in [6.45, 7) is 4.03. The first-order valence-corrected chi connectivity index (χ1v) is 20.5. The van der Waals surface area contributed by atoms with Gasteiger partial charge in [-0.3, -0.25) is 4.79 Å². The lowest BCUT2D eigenvalue weighted by atomic mass is 9.76. The third-order valence-corrected chi connectivity index (χ3v) is 13.8. The third-order valence-electron chi connectivity index (χ3n) is 11.1. The zero-order valence-corrected chi connectivity index (χ0v) is 31.0. The summed E-state index contributed by atoms with van der Waals surface area (Å²) in [5.41, 5.74) is 7.77. The minimum absolute atomic E-state index is 0.0455. The molecule has 3 aliphatic heterocycles. The number of ketones is 1. The molecule has 9 rings (SSSR count). The first-order valence-electron chi connectivity index (χ1n) is 18.8. The molecule has 2 atom stereocenters. The summed E-state index contributed by atoms with van der Waals surface area (Å²) >= 11 is 3.42. The minimum Gasteiger partial charge on any atom is -0.506 e. The van der Waals surface area contributed by atoms with Crippen molar-refractivity contribution in [1.29, 1.82) is 0 Å². The summed E-state index contributed by atoms with van der Waals surface area (Å²) < 4.78 is 2.56. The Morgan fingerprint density at radius 2 is 1.12 bits per heavy atom. The molecule has 1 N–H and O–H groups in total. The molecule has 0 amide bonds. The van der Waals surface area contributed by atoms with Crippen molar-refractivity contribution in [3.05, 3.63) is 154 Å². The van der Waals surface area contributed by atoms with Crippen LogP contribution >= 0.6 is 23.1 Å². The van der Waals surface area contributed by atoms with Crippen molar-refractivity contribution in [2.75, 3.05) is 31.1 Å². The van der Waals surface area contributed by atoms with Gasteiger partial charge in [-0.1, -0.05) is 121 Å². The Hall–Kier alpha value is -4.65. The number of aliphatic hydroxyl groups excluding tert-OH is 1. The highest BCUT2D eigenvalue weighted by Gasteiger charge is 2.51. The van der Waals surface area contributed by atoms with E-state index in [9.17, 15) is 9.90 Å². The number of Topliss-reactive ketones (excluding diaryl/α,β-unsaturated/α-hetero) is 1. The van der Waals surface area contributed by atoms with Gasteiger partial charge in [0.1, 0.15) is 23.8 Å². The van der Waals surface area contributed by atoms with Crippen molar-refractivity contribution in [1.82, 2.24) is 0 Å². The van der Waals surface area contributed by atoms with E-state index in [4.69, 9.17) is 0 Å². The van der Waals surface area contributed by atoms with Crippen LogP contribution in [0.1, 0.15) is 66.4 Å². The normalized spacial score (nSPS) is 22.2. The molecule has 3 saturated heterocycles. The Labute approximate surface area is 314 Å². The van der Waals surface area contributed by atoms with Gasteiger partial charge in [0.25, 0.3) is 0 Å². The van der Waals surface area contributed by atoms with Crippen LogP contribution in [0.4, 0.5) is 5.00 Å². The van der Waals surface area contributed by atoms with Crippen LogP contribution in [0.5, 0.6) is 0 Å². The van der Waals surface area contributed by atoms with E-state index in [1.54, 1.807) is 23.1 Å². The van der Waals surface area contributed by atoms with Gasteiger partial charge in [0.15, 0.2) is 0 Å². The monoisotopic (exact) mass is 719 g/mol. The first-order chi connectivity index (χ1) is 25.7. The Morgan fingerprint density at radius 3 is 1.69 bits per heavy atom. The van der Waals surface area contributed by atoms with E-state index in [-0.39, 0.29) is 23.4 Å². The van der Waals surface area contributed by atoms with Crippen molar-refractivity contribution in [3.63, 3.8) is 0 Å². The van der Waals surface area contributed by atoms with E-state index in [0.717, 1.165) is 71.1 Å². The van der Waals surface area contributed by atoms with Crippen LogP contribution < -0.4 is 4.90 Å². The average molecular weight is 720 g/mol. The maximum Gasteiger partial charge on any atom is 0.223 e. The topological polar surface area (TPSA) is 43.6 Å². The summed E-state index contributed by atoms with van der Waals surface area (Å²) in [7, 11) is 0. The number of piperidine rings is 2. The van der Waals surface area contributed by atoms with Gasteiger partial charge in [-0.25, -0.2) is 4.58 Å². The third kappa shape index (κ3) is 5.86. The van der Waals surface area contributed by atoms with Gasteiger partial charge in [0, 0.05) is 47.9 Å². The number of aliphatic hydroxyl groups is 1. The van der Waals surface area contributed by atoms with Crippen molar-refractivity contribution >= 4 is 44.5 Å². The van der Waals surface area contributed by atoms with E-state index < -0.39 is 0 Å². The zero-order valence-electron chi connectivity index (χ0n) is 29.3. The molecular formula is C46H43N2O2S2+. The van der Waals surface area contributed by atoms with Gasteiger partial charge < -0.3 is 10.0 Å². The van der Waals surface area contributed by atoms with Crippen LogP contribution in [0.2, 0.25) is 0 Å². The number of thiophene rings is 1. The molecule has 1 aromatic heterocycles. The molecule has 5 aromatic rings. The summed E-state index contributed by atoms with van der Waals surface area (Å²) in [5, 5.41) is 14.9. The smallest absolute Gasteiger partial charge is 0.223 e. The maximum atomic E-state index is 15.0. The second-order valence-corrected chi connectivity index (χ2v) is 16.4. The van der Waals surface area contributed by atoms with E-state index >= 15 is 0 Å². The number of hydrogen-bond donors (Lipinski definition) is 1. The number of hydrogen-bond acceptors (Lipinski definition) is 5. The molecule has 3 fully saturated rings. The van der Waals surface area contributed by atoms with E-state index in [1.807, 2.05) is 6.07 Å². The predicted molar refractivity (Wildman–Crippen MR) is 218 cm³/mol. The highest BCUT2D eigenvalue weighted by atomic mass is 32.2. The molecule has 1 aliphatic carbocycles. The van der Waals surface area contributed by atoms with Crippen molar-refractivity contribution in [3.8, 4) is 22.3 Å². The number of allylic oxidation sites excluding steroid dienone is 3. The molecule has 6 heteroatoms. The Bertz CT molecular complexity index is 2190. The summed E-state index contributed by atoms with van der Waals surface area (Å²) in [5.74, 6) is 0.0870. The summed E-state index contributed by atoms with van der Waals surface area (Å²) in [6, 6.07) is 42.5. The summed E-state index contributed by atoms with van der Waals surface area (Å²) in [4.78, 5) is 19.3. The fourth-order valence-electron chi connectivity index (χ4n) is 8.62. The lowest BCUT2D eigenvalue weighted by molar-refractivity contribution is -0.536. The quantitative estimate of drug-likeness (QED) is 0.140. The van der Waals surface area contributed by atoms with Gasteiger partial charge in [-0.05, 0) is 59.7 Å². The highest BCUT2D eigenvalue weighted by molar-refractivity contribution is 8.17. The number of carbonyl (C=O) groups excluding carboxylic acids is 1. The Balaban J connectivity index is 1.27. The van der Waals surface area contributed by atoms with Gasteiger partial charge in [-0.2, -0.15) is 0 Å². The lowest BCUT2D eigenvalue weighted by Gasteiger charge is -2.29. The van der Waals surface area contributed by atoms with Crippen molar-refractivity contribution < 1.29 is 14.5 Å². The Kier molecular flexibility index (Phi) is 9.20. The number of rotatable bonds is 6. The molecule has 0 saturated carbocycles. The predicted octanol–water partition coefficient (Wildman–Crippen LogP) is 11.1. The maximum absolute atomic E-state index is 15.0. The van der Waals surface area contributed by atoms with Crippen LogP contribution in [0.3, 0.4) is 0 Å². The molecule has 0 spiro atoms. The molecule has 4 aromatic carbocycles. The minimum atomic E-state index is -0.0751. The molecule has 0 bridgehead atoms. The average Bonchev–Trinajstić information content (AvgIpc) is 3.80. The van der Waals surface area contributed by atoms with Gasteiger partial charge in [0.2, 0.25) is 10.8 Å². The van der Waals surface area contributed by atoms with Gasteiger partial charge in [0.05, 0.1) is 21.9 Å². The molecule has 4 heterocycles. The molecule has 4 nitrogen and oxygen atoms in total. The van der Waals surface area contributed by atoms with Crippen LogP contribution in [0.25, 0.3) is 27.8 Å². The number of benzene rings is 4. The lowest BCUT2D eigenvalue weighted by Crippen LogP contribution is -2.29. The van der Waals surface area contributed by atoms with Gasteiger partial charge in [-0.15, -0.1) is 11.3 Å². The van der Waals surface area contributed by atoms with Crippen LogP contribution in [-0.2, 0) is 4.79 Å². The van der Waals surface area contributed by atoms with E-state index in [2.05, 4.69) is 125 Å². The van der Waals surface area contributed by atoms with Crippen molar-refractivity contribution in [2.24, 2.45) is 0 Å². The van der Waals surface area contributed by atoms with Crippen LogP contribution in [0, 0.1) is 0 Å². The zero-order chi connectivity index (χ0) is 35.0. The molecule has 52 heavy (non-hydrogen) atoms. The fourth-order valence-corrected chi connectivity index (χ4v) is 11.7. The molecule has 4 aliphatic rings. The Morgan fingerprint density at radius 1 is 0.596 bits per heavy atom. The summed E-state index contributed by atoms with van der Waals surface area (Å²) in [6.07, 6.45) is 7.14. The fraction of sp³-hybridized carbons (Fsp3) is 0.261. The largest absolute Gasteiger partial charge is 0.506 e. The van der Waals surface area contributed by atoms with E-state index in [1.165, 1.54) is 46.9 Å². The number of anilines is 1. The SMILES string of the molecule is O=C1C(c2sc(N3CCCCC3)c(-c3ccccc3)c2-c2ccccc2)=C(O)/C1=C1/SC(=[N+]2CCCCC2)[C@H](c2ccccc2)[C@@H]1c1ccccc1. The number of nitrogens with zero attached hydrogens (tertiary/aromatic N) is 2. The van der Waals surface area contributed by atoms with Crippen LogP contribution in [-0.4, -0.2) is 46.7 Å². The van der Waals surface area contributed by atoms with Gasteiger partial charge >= 0.3 is 0 Å². The second-order valence-electron chi connectivity index (χ2n) is 14.3. The first kappa shape index (κ1) is 33.2. The molecule has 260 valence electrons. The van der Waals surface area contributed by atoms with Crippen LogP contribution in [0.15, 0.2) is 138 Å². The molecular weight excluding hydrogens is 677 g/mol. The molecule has 0 radical (unpaired) electrons. The molecule has 0 unspecified atom stereocenters. The number of carbonyl (C=O) groups is 1.